The summed E-state index contributed by atoms with van der Waals surface area (Å²) in [6.07, 6.45) is 0.0641. The van der Waals surface area contributed by atoms with Crippen LogP contribution in [0.15, 0.2) is 42.5 Å². The van der Waals surface area contributed by atoms with Gasteiger partial charge in [0.15, 0.2) is 23.2 Å². The van der Waals surface area contributed by atoms with E-state index >= 15 is 0 Å². The predicted octanol–water partition coefficient (Wildman–Crippen LogP) is 4.10. The van der Waals surface area contributed by atoms with Crippen LogP contribution in [0.25, 0.3) is 0 Å². The monoisotopic (exact) mass is 419 g/mol. The van der Waals surface area contributed by atoms with Crippen LogP contribution in [0.5, 0.6) is 0 Å². The third-order valence-electron chi connectivity index (χ3n) is 5.58. The molecule has 2 aromatic rings. The molecule has 158 valence electrons. The minimum Gasteiger partial charge on any atom is -0.445 e. The molecule has 2 bridgehead atoms. The van der Waals surface area contributed by atoms with Crippen LogP contribution in [0.2, 0.25) is 0 Å². The highest BCUT2D eigenvalue weighted by Crippen LogP contribution is 2.34. The standard InChI is InChI=1S/C22H20F3NO4/c23-18-8-15(9-19(24)20(18)25)21(27)14-6-16-11-29-12-17(7-14)26(16)22(28)30-10-13-4-2-1-3-5-13/h1-5,8-9,14,16-17H,6-7,10-12H2. The van der Waals surface area contributed by atoms with Gasteiger partial charge in [0.2, 0.25) is 0 Å². The van der Waals surface area contributed by atoms with E-state index in [1.165, 1.54) is 0 Å². The predicted molar refractivity (Wildman–Crippen MR) is 100 cm³/mol. The summed E-state index contributed by atoms with van der Waals surface area (Å²) < 4.78 is 51.2. The van der Waals surface area contributed by atoms with Crippen LogP contribution >= 0.6 is 0 Å². The van der Waals surface area contributed by atoms with Gasteiger partial charge in [0.25, 0.3) is 0 Å². The summed E-state index contributed by atoms with van der Waals surface area (Å²) in [5.74, 6) is -5.42. The fourth-order valence-corrected chi connectivity index (χ4v) is 4.15. The number of benzene rings is 2. The molecule has 8 heteroatoms. The average Bonchev–Trinajstić information content (AvgIpc) is 2.74. The van der Waals surface area contributed by atoms with E-state index in [-0.39, 0.29) is 50.3 Å². The van der Waals surface area contributed by atoms with Crippen LogP contribution < -0.4 is 0 Å². The van der Waals surface area contributed by atoms with Crippen molar-refractivity contribution in [3.63, 3.8) is 0 Å². The molecule has 2 aliphatic heterocycles. The van der Waals surface area contributed by atoms with Crippen LogP contribution in [0.4, 0.5) is 18.0 Å². The minimum absolute atomic E-state index is 0.132. The zero-order valence-corrected chi connectivity index (χ0v) is 16.0. The van der Waals surface area contributed by atoms with Crippen molar-refractivity contribution in [3.05, 3.63) is 71.0 Å². The molecular weight excluding hydrogens is 399 g/mol. The van der Waals surface area contributed by atoms with E-state index in [4.69, 9.17) is 9.47 Å². The van der Waals surface area contributed by atoms with Crippen LogP contribution in [0.3, 0.4) is 0 Å². The van der Waals surface area contributed by atoms with Gasteiger partial charge in [0.1, 0.15) is 6.61 Å². The first kappa shape index (κ1) is 20.4. The molecule has 2 saturated heterocycles. The summed E-state index contributed by atoms with van der Waals surface area (Å²) in [5.41, 5.74) is 0.646. The minimum atomic E-state index is -1.60. The van der Waals surface area contributed by atoms with Crippen molar-refractivity contribution in [1.82, 2.24) is 4.90 Å². The molecule has 2 aromatic carbocycles. The highest BCUT2D eigenvalue weighted by atomic mass is 19.2. The lowest BCUT2D eigenvalue weighted by molar-refractivity contribution is -0.0755. The van der Waals surface area contributed by atoms with Crippen molar-refractivity contribution in [2.45, 2.75) is 31.5 Å². The molecular formula is C22H20F3NO4. The van der Waals surface area contributed by atoms with Crippen molar-refractivity contribution >= 4 is 11.9 Å². The van der Waals surface area contributed by atoms with Crippen LogP contribution in [0.1, 0.15) is 28.8 Å². The normalized spacial score (nSPS) is 23.2. The molecule has 2 unspecified atom stereocenters. The van der Waals surface area contributed by atoms with Gasteiger partial charge < -0.3 is 9.47 Å². The first-order valence-corrected chi connectivity index (χ1v) is 9.69. The van der Waals surface area contributed by atoms with Gasteiger partial charge in [0.05, 0.1) is 25.3 Å². The summed E-state index contributed by atoms with van der Waals surface area (Å²) in [4.78, 5) is 27.1. The molecule has 1 amide bonds. The molecule has 2 heterocycles. The summed E-state index contributed by atoms with van der Waals surface area (Å²) in [6.45, 7) is 0.618. The lowest BCUT2D eigenvalue weighted by atomic mass is 9.81. The first-order valence-electron chi connectivity index (χ1n) is 9.69. The van der Waals surface area contributed by atoms with Crippen LogP contribution in [-0.4, -0.2) is 42.1 Å². The smallest absolute Gasteiger partial charge is 0.410 e. The molecule has 2 fully saturated rings. The maximum Gasteiger partial charge on any atom is 0.410 e. The van der Waals surface area contributed by atoms with Gasteiger partial charge in [-0.3, -0.25) is 9.69 Å². The SMILES string of the molecule is O=C(c1cc(F)c(F)c(F)c1)C1CC2COCC(C1)N2C(=O)OCc1ccccc1. The highest BCUT2D eigenvalue weighted by molar-refractivity contribution is 5.98. The summed E-state index contributed by atoms with van der Waals surface area (Å²) >= 11 is 0. The number of hydrogen-bond donors (Lipinski definition) is 0. The van der Waals surface area contributed by atoms with Crippen molar-refractivity contribution in [3.8, 4) is 0 Å². The maximum atomic E-state index is 13.5. The molecule has 2 aliphatic rings. The number of halogens is 3. The van der Waals surface area contributed by atoms with E-state index in [2.05, 4.69) is 0 Å². The molecule has 5 nitrogen and oxygen atoms in total. The molecule has 0 spiro atoms. The fraction of sp³-hybridized carbons (Fsp3) is 0.364. The number of rotatable bonds is 4. The van der Waals surface area contributed by atoms with E-state index in [1.807, 2.05) is 30.3 Å². The second-order valence-electron chi connectivity index (χ2n) is 7.58. The highest BCUT2D eigenvalue weighted by Gasteiger charge is 2.44. The number of morpholine rings is 1. The number of ether oxygens (including phenoxy) is 2. The second kappa shape index (κ2) is 8.47. The van der Waals surface area contributed by atoms with Gasteiger partial charge in [-0.1, -0.05) is 30.3 Å². The topological polar surface area (TPSA) is 55.8 Å². The number of amides is 1. The Morgan fingerprint density at radius 2 is 1.60 bits per heavy atom. The number of carbonyl (C=O) groups is 2. The number of Topliss-reactive ketones (excluding diaryl/α,β-unsaturated/α-hetero) is 1. The third kappa shape index (κ3) is 4.05. The molecule has 30 heavy (non-hydrogen) atoms. The van der Waals surface area contributed by atoms with Gasteiger partial charge in [-0.2, -0.15) is 0 Å². The van der Waals surface area contributed by atoms with Gasteiger partial charge in [-0.05, 0) is 30.5 Å². The zero-order chi connectivity index (χ0) is 21.3. The second-order valence-corrected chi connectivity index (χ2v) is 7.58. The van der Waals surface area contributed by atoms with Gasteiger partial charge >= 0.3 is 6.09 Å². The van der Waals surface area contributed by atoms with Crippen molar-refractivity contribution in [2.75, 3.05) is 13.2 Å². The van der Waals surface area contributed by atoms with Gasteiger partial charge in [-0.25, -0.2) is 18.0 Å². The Bertz CT molecular complexity index is 916. The Morgan fingerprint density at radius 3 is 2.20 bits per heavy atom. The Morgan fingerprint density at radius 1 is 1.00 bits per heavy atom. The van der Waals surface area contributed by atoms with Crippen molar-refractivity contribution < 1.29 is 32.2 Å². The zero-order valence-electron chi connectivity index (χ0n) is 16.0. The van der Waals surface area contributed by atoms with E-state index < -0.39 is 35.2 Å². The molecule has 0 aromatic heterocycles. The Balaban J connectivity index is 1.45. The van der Waals surface area contributed by atoms with Crippen LogP contribution in [-0.2, 0) is 16.1 Å². The number of fused-ring (bicyclic) bond motifs is 2. The number of carbonyl (C=O) groups excluding carboxylic acids is 2. The van der Waals surface area contributed by atoms with Gasteiger partial charge in [0, 0.05) is 11.5 Å². The lowest BCUT2D eigenvalue weighted by Gasteiger charge is -2.47. The van der Waals surface area contributed by atoms with E-state index in [9.17, 15) is 22.8 Å². The molecule has 2 atom stereocenters. The molecule has 0 aliphatic carbocycles. The number of ketones is 1. The molecule has 0 radical (unpaired) electrons. The van der Waals surface area contributed by atoms with Crippen LogP contribution in [0, 0.1) is 23.4 Å². The summed E-state index contributed by atoms with van der Waals surface area (Å²) in [7, 11) is 0. The van der Waals surface area contributed by atoms with E-state index in [0.717, 1.165) is 5.56 Å². The lowest BCUT2D eigenvalue weighted by Crippen LogP contribution is -2.59. The van der Waals surface area contributed by atoms with E-state index in [1.54, 1.807) is 4.90 Å². The van der Waals surface area contributed by atoms with Crippen molar-refractivity contribution in [2.24, 2.45) is 5.92 Å². The Kier molecular flexibility index (Phi) is 5.76. The summed E-state index contributed by atoms with van der Waals surface area (Å²) in [6, 6.07) is 9.93. The Hall–Kier alpha value is -2.87. The fourth-order valence-electron chi connectivity index (χ4n) is 4.15. The first-order chi connectivity index (χ1) is 14.4. The number of piperidine rings is 1. The van der Waals surface area contributed by atoms with E-state index in [0.29, 0.717) is 12.1 Å². The average molecular weight is 419 g/mol. The third-order valence-corrected chi connectivity index (χ3v) is 5.58. The Labute approximate surface area is 171 Å². The van der Waals surface area contributed by atoms with Gasteiger partial charge in [-0.15, -0.1) is 0 Å². The maximum absolute atomic E-state index is 13.5. The molecule has 0 saturated carbocycles. The molecule has 4 rings (SSSR count). The largest absolute Gasteiger partial charge is 0.445 e. The van der Waals surface area contributed by atoms with Crippen molar-refractivity contribution in [1.29, 1.82) is 0 Å². The summed E-state index contributed by atoms with van der Waals surface area (Å²) in [5, 5.41) is 0. The number of nitrogens with zero attached hydrogens (tertiary/aromatic N) is 1. The quantitative estimate of drug-likeness (QED) is 0.553. The number of hydrogen-bond acceptors (Lipinski definition) is 4. The molecule has 0 N–H and O–H groups in total.